The number of quaternary nitrogens is 1. The molecule has 0 saturated heterocycles. The molecule has 2 aromatic rings. The molecule has 0 bridgehead atoms. The molecule has 122 valence electrons. The molecule has 0 aliphatic rings. The van der Waals surface area contributed by atoms with Gasteiger partial charge in [0.2, 0.25) is 0 Å². The maximum Gasteiger partial charge on any atom is 0.251 e. The van der Waals surface area contributed by atoms with Gasteiger partial charge in [0.15, 0.2) is 0 Å². The van der Waals surface area contributed by atoms with Crippen LogP contribution in [0, 0.1) is 5.82 Å². The van der Waals surface area contributed by atoms with Gasteiger partial charge in [-0.2, -0.15) is 0 Å². The van der Waals surface area contributed by atoms with Crippen molar-refractivity contribution in [1.29, 1.82) is 0 Å². The molecule has 1 unspecified atom stereocenters. The van der Waals surface area contributed by atoms with E-state index >= 15 is 0 Å². The SMILES string of the molecule is CNC(=O)c1ccc(C[NH+](C)CCSc2ccc(F)cc2)cc1. The van der Waals surface area contributed by atoms with Crippen molar-refractivity contribution in [3.05, 3.63) is 65.5 Å². The molecule has 1 atom stereocenters. The van der Waals surface area contributed by atoms with E-state index in [1.54, 1.807) is 18.8 Å². The fraction of sp³-hybridized carbons (Fsp3) is 0.278. The molecule has 2 aromatic carbocycles. The standard InChI is InChI=1S/C18H21FN2OS/c1-20-18(22)15-5-3-14(4-6-15)13-21(2)11-12-23-17-9-7-16(19)8-10-17/h3-10H,11-13H2,1-2H3,(H,20,22)/p+1. The van der Waals surface area contributed by atoms with Crippen LogP contribution < -0.4 is 10.2 Å². The lowest BCUT2D eigenvalue weighted by Crippen LogP contribution is -3.08. The van der Waals surface area contributed by atoms with Crippen molar-refractivity contribution in [3.63, 3.8) is 0 Å². The van der Waals surface area contributed by atoms with Crippen LogP contribution in [-0.2, 0) is 6.54 Å². The lowest BCUT2D eigenvalue weighted by atomic mass is 10.1. The minimum Gasteiger partial charge on any atom is -0.355 e. The van der Waals surface area contributed by atoms with Crippen molar-refractivity contribution >= 4 is 17.7 Å². The second-order valence-electron chi connectivity index (χ2n) is 5.46. The Morgan fingerprint density at radius 1 is 1.13 bits per heavy atom. The lowest BCUT2D eigenvalue weighted by molar-refractivity contribution is -0.891. The van der Waals surface area contributed by atoms with Gasteiger partial charge in [-0.3, -0.25) is 4.79 Å². The van der Waals surface area contributed by atoms with Gasteiger partial charge in [-0.1, -0.05) is 12.1 Å². The number of nitrogens with one attached hydrogen (secondary N) is 2. The third-order valence-corrected chi connectivity index (χ3v) is 4.57. The molecule has 5 heteroatoms. The first-order valence-corrected chi connectivity index (χ1v) is 8.57. The summed E-state index contributed by atoms with van der Waals surface area (Å²) in [6.45, 7) is 1.93. The van der Waals surface area contributed by atoms with Crippen molar-refractivity contribution < 1.29 is 14.1 Å². The molecule has 2 N–H and O–H groups in total. The molecule has 0 aliphatic heterocycles. The minimum atomic E-state index is -0.197. The summed E-state index contributed by atoms with van der Waals surface area (Å²) < 4.78 is 12.8. The summed E-state index contributed by atoms with van der Waals surface area (Å²) in [5, 5.41) is 2.62. The van der Waals surface area contributed by atoms with Gasteiger partial charge in [0, 0.05) is 28.8 Å². The van der Waals surface area contributed by atoms with Gasteiger partial charge in [-0.05, 0) is 36.4 Å². The van der Waals surface area contributed by atoms with Gasteiger partial charge in [0.05, 0.1) is 13.6 Å². The Hall–Kier alpha value is -1.85. The molecule has 0 aliphatic carbocycles. The van der Waals surface area contributed by atoms with Crippen LogP contribution in [0.4, 0.5) is 4.39 Å². The van der Waals surface area contributed by atoms with E-state index in [-0.39, 0.29) is 11.7 Å². The summed E-state index contributed by atoms with van der Waals surface area (Å²) in [5.41, 5.74) is 1.89. The van der Waals surface area contributed by atoms with E-state index in [2.05, 4.69) is 12.4 Å². The zero-order valence-corrected chi connectivity index (χ0v) is 14.3. The predicted molar refractivity (Wildman–Crippen MR) is 92.4 cm³/mol. The van der Waals surface area contributed by atoms with Crippen LogP contribution in [0.15, 0.2) is 53.4 Å². The summed E-state index contributed by atoms with van der Waals surface area (Å²) in [7, 11) is 3.78. The zero-order valence-electron chi connectivity index (χ0n) is 13.4. The molecular weight excluding hydrogens is 311 g/mol. The third kappa shape index (κ3) is 5.69. The molecule has 0 radical (unpaired) electrons. The van der Waals surface area contributed by atoms with E-state index in [0.717, 1.165) is 23.7 Å². The summed E-state index contributed by atoms with van der Waals surface area (Å²) in [4.78, 5) is 14.0. The molecule has 2 rings (SSSR count). The van der Waals surface area contributed by atoms with E-state index in [4.69, 9.17) is 0 Å². The molecule has 0 saturated carbocycles. The number of hydrogen-bond donors (Lipinski definition) is 2. The first-order chi connectivity index (χ1) is 11.1. The first kappa shape index (κ1) is 17.5. The van der Waals surface area contributed by atoms with Crippen LogP contribution >= 0.6 is 11.8 Å². The van der Waals surface area contributed by atoms with Crippen LogP contribution in [0.2, 0.25) is 0 Å². The smallest absolute Gasteiger partial charge is 0.251 e. The fourth-order valence-electron chi connectivity index (χ4n) is 2.23. The fourth-order valence-corrected chi connectivity index (χ4v) is 3.24. The van der Waals surface area contributed by atoms with Gasteiger partial charge >= 0.3 is 0 Å². The van der Waals surface area contributed by atoms with Crippen LogP contribution in [0.1, 0.15) is 15.9 Å². The topological polar surface area (TPSA) is 33.5 Å². The first-order valence-electron chi connectivity index (χ1n) is 7.59. The maximum atomic E-state index is 12.8. The molecular formula is C18H22FN2OS+. The lowest BCUT2D eigenvalue weighted by Gasteiger charge is -2.14. The highest BCUT2D eigenvalue weighted by Gasteiger charge is 2.07. The van der Waals surface area contributed by atoms with E-state index in [1.165, 1.54) is 22.6 Å². The number of amides is 1. The highest BCUT2D eigenvalue weighted by atomic mass is 32.2. The van der Waals surface area contributed by atoms with Crippen molar-refractivity contribution in [2.45, 2.75) is 11.4 Å². The van der Waals surface area contributed by atoms with Crippen LogP contribution in [0.3, 0.4) is 0 Å². The monoisotopic (exact) mass is 333 g/mol. The van der Waals surface area contributed by atoms with E-state index in [0.29, 0.717) is 5.56 Å². The van der Waals surface area contributed by atoms with Crippen molar-refractivity contribution in [1.82, 2.24) is 5.32 Å². The average Bonchev–Trinajstić information content (AvgIpc) is 2.56. The van der Waals surface area contributed by atoms with Crippen molar-refractivity contribution in [3.8, 4) is 0 Å². The largest absolute Gasteiger partial charge is 0.355 e. The quantitative estimate of drug-likeness (QED) is 0.760. The maximum absolute atomic E-state index is 12.8. The Morgan fingerprint density at radius 3 is 2.39 bits per heavy atom. The Labute approximate surface area is 140 Å². The Morgan fingerprint density at radius 2 is 1.78 bits per heavy atom. The van der Waals surface area contributed by atoms with Crippen molar-refractivity contribution in [2.24, 2.45) is 0 Å². The molecule has 3 nitrogen and oxygen atoms in total. The van der Waals surface area contributed by atoms with E-state index in [1.807, 2.05) is 36.4 Å². The summed E-state index contributed by atoms with van der Waals surface area (Å²) in [5.74, 6) is 0.721. The number of halogens is 1. The number of carbonyl (C=O) groups is 1. The van der Waals surface area contributed by atoms with Gasteiger partial charge in [-0.25, -0.2) is 4.39 Å². The molecule has 0 fully saturated rings. The van der Waals surface area contributed by atoms with Gasteiger partial charge < -0.3 is 10.2 Å². The number of hydrogen-bond acceptors (Lipinski definition) is 2. The Kier molecular flexibility index (Phi) is 6.62. The number of benzene rings is 2. The third-order valence-electron chi connectivity index (χ3n) is 3.56. The predicted octanol–water partition coefficient (Wildman–Crippen LogP) is 1.99. The molecule has 23 heavy (non-hydrogen) atoms. The van der Waals surface area contributed by atoms with Crippen LogP contribution in [0.25, 0.3) is 0 Å². The molecule has 0 heterocycles. The number of thioether (sulfide) groups is 1. The highest BCUT2D eigenvalue weighted by molar-refractivity contribution is 7.99. The second kappa shape index (κ2) is 8.70. The zero-order chi connectivity index (χ0) is 16.7. The Bertz CT molecular complexity index is 628. The molecule has 0 aromatic heterocycles. The Balaban J connectivity index is 1.77. The number of rotatable bonds is 7. The summed E-state index contributed by atoms with van der Waals surface area (Å²) in [6.07, 6.45) is 0. The van der Waals surface area contributed by atoms with Gasteiger partial charge in [0.1, 0.15) is 12.4 Å². The molecule has 0 spiro atoms. The normalized spacial score (nSPS) is 12.0. The van der Waals surface area contributed by atoms with Crippen LogP contribution in [0.5, 0.6) is 0 Å². The average molecular weight is 333 g/mol. The van der Waals surface area contributed by atoms with Crippen molar-refractivity contribution in [2.75, 3.05) is 26.4 Å². The molecule has 1 amide bonds. The van der Waals surface area contributed by atoms with E-state index < -0.39 is 0 Å². The summed E-state index contributed by atoms with van der Waals surface area (Å²) >= 11 is 1.74. The minimum absolute atomic E-state index is 0.0621. The summed E-state index contributed by atoms with van der Waals surface area (Å²) in [6, 6.07) is 14.3. The van der Waals surface area contributed by atoms with Gasteiger partial charge in [0.25, 0.3) is 5.91 Å². The highest BCUT2D eigenvalue weighted by Crippen LogP contribution is 2.16. The van der Waals surface area contributed by atoms with Crippen LogP contribution in [-0.4, -0.2) is 32.3 Å². The number of carbonyl (C=O) groups excluding carboxylic acids is 1. The van der Waals surface area contributed by atoms with Gasteiger partial charge in [-0.15, -0.1) is 11.8 Å². The second-order valence-corrected chi connectivity index (χ2v) is 6.63. The van der Waals surface area contributed by atoms with E-state index in [9.17, 15) is 9.18 Å².